The minimum Gasteiger partial charge on any atom is -0.388 e. The van der Waals surface area contributed by atoms with Crippen molar-refractivity contribution in [3.05, 3.63) is 68.0 Å². The van der Waals surface area contributed by atoms with Crippen molar-refractivity contribution in [1.29, 1.82) is 0 Å². The third kappa shape index (κ3) is 3.43. The van der Waals surface area contributed by atoms with Crippen molar-refractivity contribution in [3.8, 4) is 0 Å². The molecule has 2 aromatic carbocycles. The van der Waals surface area contributed by atoms with E-state index in [1.165, 1.54) is 18.2 Å². The third-order valence-electron chi connectivity index (χ3n) is 2.66. The van der Waals surface area contributed by atoms with Crippen molar-refractivity contribution in [2.45, 2.75) is 12.5 Å². The van der Waals surface area contributed by atoms with Crippen molar-refractivity contribution >= 4 is 34.2 Å². The van der Waals surface area contributed by atoms with Gasteiger partial charge in [0.25, 0.3) is 0 Å². The smallest absolute Gasteiger partial charge is 0.129 e. The average molecular weight is 377 g/mol. The molecule has 2 aromatic rings. The Morgan fingerprint density at radius 1 is 1.17 bits per heavy atom. The molecule has 0 heterocycles. The molecule has 0 fully saturated rings. The van der Waals surface area contributed by atoms with E-state index < -0.39 is 11.9 Å². The topological polar surface area (TPSA) is 20.2 Å². The zero-order chi connectivity index (χ0) is 13.1. The molecule has 0 aromatic heterocycles. The van der Waals surface area contributed by atoms with E-state index in [-0.39, 0.29) is 5.56 Å². The second-order valence-corrected chi connectivity index (χ2v) is 5.69. The second kappa shape index (κ2) is 5.99. The molecule has 0 aliphatic heterocycles. The number of rotatable bonds is 3. The molecule has 0 radical (unpaired) electrons. The Labute approximate surface area is 124 Å². The zero-order valence-electron chi connectivity index (χ0n) is 9.41. The lowest BCUT2D eigenvalue weighted by Crippen LogP contribution is -2.04. The minimum absolute atomic E-state index is 0.237. The Kier molecular flexibility index (Phi) is 4.59. The van der Waals surface area contributed by atoms with E-state index in [0.717, 1.165) is 9.13 Å². The summed E-state index contributed by atoms with van der Waals surface area (Å²) in [7, 11) is 0. The number of halogens is 3. The van der Waals surface area contributed by atoms with Crippen LogP contribution in [0.25, 0.3) is 0 Å². The first-order valence-electron chi connectivity index (χ1n) is 5.44. The lowest BCUT2D eigenvalue weighted by atomic mass is 10.0. The monoisotopic (exact) mass is 376 g/mol. The summed E-state index contributed by atoms with van der Waals surface area (Å²) in [6.07, 6.45) is -0.516. The molecule has 4 heteroatoms. The fraction of sp³-hybridized carbons (Fsp3) is 0.143. The molecule has 1 atom stereocenters. The average Bonchev–Trinajstić information content (AvgIpc) is 2.35. The minimum atomic E-state index is -0.885. The Balaban J connectivity index is 2.18. The largest absolute Gasteiger partial charge is 0.388 e. The van der Waals surface area contributed by atoms with Crippen molar-refractivity contribution in [1.82, 2.24) is 0 Å². The first-order chi connectivity index (χ1) is 8.56. The molecule has 1 nitrogen and oxygen atoms in total. The van der Waals surface area contributed by atoms with E-state index in [1.54, 1.807) is 0 Å². The van der Waals surface area contributed by atoms with Gasteiger partial charge in [0.05, 0.1) is 6.10 Å². The van der Waals surface area contributed by atoms with Gasteiger partial charge in [-0.15, -0.1) is 0 Å². The van der Waals surface area contributed by atoms with Crippen LogP contribution in [0.15, 0.2) is 42.5 Å². The predicted octanol–water partition coefficient (Wildman–Crippen LogP) is 4.36. The summed E-state index contributed by atoms with van der Waals surface area (Å²) in [4.78, 5) is 0. The van der Waals surface area contributed by atoms with Crippen molar-refractivity contribution in [2.75, 3.05) is 0 Å². The molecule has 2 rings (SSSR count). The molecule has 0 saturated heterocycles. The van der Waals surface area contributed by atoms with E-state index in [0.29, 0.717) is 11.4 Å². The van der Waals surface area contributed by atoms with Crippen LogP contribution >= 0.6 is 34.2 Å². The molecular formula is C14H11ClFIO. The van der Waals surface area contributed by atoms with E-state index in [9.17, 15) is 9.50 Å². The quantitative estimate of drug-likeness (QED) is 0.789. The van der Waals surface area contributed by atoms with Crippen molar-refractivity contribution < 1.29 is 9.50 Å². The highest BCUT2D eigenvalue weighted by Gasteiger charge is 2.14. The van der Waals surface area contributed by atoms with Gasteiger partial charge in [0.15, 0.2) is 0 Å². The normalized spacial score (nSPS) is 12.4. The van der Waals surface area contributed by atoms with Crippen LogP contribution in [0.3, 0.4) is 0 Å². The standard InChI is InChI=1S/C14H11ClFIO/c15-10-3-6-13(16)12(8-10)14(18)7-9-1-4-11(17)5-2-9/h1-6,8,14,18H,7H2. The van der Waals surface area contributed by atoms with E-state index in [1.807, 2.05) is 24.3 Å². The number of hydrogen-bond acceptors (Lipinski definition) is 1. The molecular weight excluding hydrogens is 366 g/mol. The van der Waals surface area contributed by atoms with Crippen LogP contribution in [-0.4, -0.2) is 5.11 Å². The van der Waals surface area contributed by atoms with Gasteiger partial charge in [-0.1, -0.05) is 23.7 Å². The number of aliphatic hydroxyl groups excluding tert-OH is 1. The number of aliphatic hydroxyl groups is 1. The van der Waals surface area contributed by atoms with Crippen LogP contribution < -0.4 is 0 Å². The highest BCUT2D eigenvalue weighted by atomic mass is 127. The van der Waals surface area contributed by atoms with Crippen molar-refractivity contribution in [3.63, 3.8) is 0 Å². The summed E-state index contributed by atoms with van der Waals surface area (Å²) in [6.45, 7) is 0. The second-order valence-electron chi connectivity index (χ2n) is 4.01. The van der Waals surface area contributed by atoms with Gasteiger partial charge in [0, 0.05) is 20.6 Å². The summed E-state index contributed by atoms with van der Waals surface area (Å²) < 4.78 is 14.7. The van der Waals surface area contributed by atoms with Gasteiger partial charge >= 0.3 is 0 Å². The molecule has 0 aliphatic carbocycles. The SMILES string of the molecule is OC(Cc1ccc(I)cc1)c1cc(Cl)ccc1F. The Morgan fingerprint density at radius 3 is 2.50 bits per heavy atom. The fourth-order valence-corrected chi connectivity index (χ4v) is 2.26. The van der Waals surface area contributed by atoms with Gasteiger partial charge in [0.1, 0.15) is 5.82 Å². The molecule has 0 aliphatic rings. The van der Waals surface area contributed by atoms with Crippen LogP contribution in [0.4, 0.5) is 4.39 Å². The fourth-order valence-electron chi connectivity index (χ4n) is 1.72. The molecule has 0 spiro atoms. The van der Waals surface area contributed by atoms with Gasteiger partial charge in [-0.2, -0.15) is 0 Å². The van der Waals surface area contributed by atoms with Gasteiger partial charge in [-0.05, 0) is 58.5 Å². The molecule has 0 amide bonds. The first kappa shape index (κ1) is 13.8. The van der Waals surface area contributed by atoms with E-state index in [2.05, 4.69) is 22.6 Å². The highest BCUT2D eigenvalue weighted by molar-refractivity contribution is 14.1. The van der Waals surface area contributed by atoms with Crippen LogP contribution in [-0.2, 0) is 6.42 Å². The Morgan fingerprint density at radius 2 is 1.83 bits per heavy atom. The highest BCUT2D eigenvalue weighted by Crippen LogP contribution is 2.24. The lowest BCUT2D eigenvalue weighted by Gasteiger charge is -2.12. The van der Waals surface area contributed by atoms with Gasteiger partial charge in [0.2, 0.25) is 0 Å². The lowest BCUT2D eigenvalue weighted by molar-refractivity contribution is 0.173. The molecule has 18 heavy (non-hydrogen) atoms. The summed E-state index contributed by atoms with van der Waals surface area (Å²) >= 11 is 8.02. The zero-order valence-corrected chi connectivity index (χ0v) is 12.3. The molecule has 0 bridgehead atoms. The van der Waals surface area contributed by atoms with E-state index >= 15 is 0 Å². The number of benzene rings is 2. The van der Waals surface area contributed by atoms with Gasteiger partial charge < -0.3 is 5.11 Å². The van der Waals surface area contributed by atoms with Crippen LogP contribution in [0, 0.1) is 9.39 Å². The summed E-state index contributed by atoms with van der Waals surface area (Å²) in [6, 6.07) is 12.0. The molecule has 0 saturated carbocycles. The van der Waals surface area contributed by atoms with Gasteiger partial charge in [-0.25, -0.2) is 4.39 Å². The summed E-state index contributed by atoms with van der Waals surface area (Å²) in [5.74, 6) is -0.433. The predicted molar refractivity (Wildman–Crippen MR) is 79.2 cm³/mol. The van der Waals surface area contributed by atoms with Crippen molar-refractivity contribution in [2.24, 2.45) is 0 Å². The number of hydrogen-bond donors (Lipinski definition) is 1. The molecule has 1 N–H and O–H groups in total. The van der Waals surface area contributed by atoms with Crippen LogP contribution in [0.1, 0.15) is 17.2 Å². The summed E-state index contributed by atoms with van der Waals surface area (Å²) in [5, 5.41) is 10.5. The maximum Gasteiger partial charge on any atom is 0.129 e. The Bertz CT molecular complexity index is 542. The Hall–Kier alpha value is -0.650. The molecule has 94 valence electrons. The first-order valence-corrected chi connectivity index (χ1v) is 6.89. The molecule has 1 unspecified atom stereocenters. The van der Waals surface area contributed by atoms with Gasteiger partial charge in [-0.3, -0.25) is 0 Å². The van der Waals surface area contributed by atoms with E-state index in [4.69, 9.17) is 11.6 Å². The van der Waals surface area contributed by atoms with Crippen LogP contribution in [0.2, 0.25) is 5.02 Å². The third-order valence-corrected chi connectivity index (χ3v) is 3.61. The van der Waals surface area contributed by atoms with Crippen LogP contribution in [0.5, 0.6) is 0 Å². The maximum absolute atomic E-state index is 13.6. The maximum atomic E-state index is 13.6. The summed E-state index contributed by atoms with van der Waals surface area (Å²) in [5.41, 5.74) is 1.20.